The van der Waals surface area contributed by atoms with E-state index >= 15 is 0 Å². The Hall–Kier alpha value is -3.02. The predicted molar refractivity (Wildman–Crippen MR) is 153 cm³/mol. The maximum absolute atomic E-state index is 13.8. The second-order valence-electron chi connectivity index (χ2n) is 10.0. The van der Waals surface area contributed by atoms with Crippen LogP contribution < -0.4 is 10.1 Å². The molecule has 1 aliphatic rings. The van der Waals surface area contributed by atoms with E-state index in [2.05, 4.69) is 5.32 Å². The molecule has 3 aromatic rings. The minimum Gasteiger partial charge on any atom is -0.484 e. The van der Waals surface area contributed by atoms with E-state index in [-0.39, 0.29) is 31.0 Å². The van der Waals surface area contributed by atoms with Gasteiger partial charge in [-0.2, -0.15) is 0 Å². The third-order valence-corrected chi connectivity index (χ3v) is 7.82. The lowest BCUT2D eigenvalue weighted by Crippen LogP contribution is -2.53. The van der Waals surface area contributed by atoms with Gasteiger partial charge in [0.1, 0.15) is 11.8 Å². The van der Waals surface area contributed by atoms with E-state index in [1.54, 1.807) is 11.0 Å². The maximum atomic E-state index is 13.8. The van der Waals surface area contributed by atoms with Crippen LogP contribution in [0.4, 0.5) is 0 Å². The van der Waals surface area contributed by atoms with Gasteiger partial charge in [0.05, 0.1) is 0 Å². The van der Waals surface area contributed by atoms with Gasteiger partial charge in [-0.15, -0.1) is 0 Å². The number of halogens is 2. The molecule has 5 nitrogen and oxygen atoms in total. The first-order valence-electron chi connectivity index (χ1n) is 13.1. The van der Waals surface area contributed by atoms with Crippen molar-refractivity contribution in [2.24, 2.45) is 0 Å². The van der Waals surface area contributed by atoms with Crippen LogP contribution in [0.15, 0.2) is 66.7 Å². The molecular formula is C31H34Cl2N2O3. The molecule has 0 bridgehead atoms. The SMILES string of the molecule is Cc1cc(OCC(=O)N(Cc2cccc(Cl)c2)[C@@H](Cc2ccccc2)C(=O)NC2CCCC2)cc(C)c1Cl. The fourth-order valence-corrected chi connectivity index (χ4v) is 5.29. The number of benzene rings is 3. The number of hydrogen-bond acceptors (Lipinski definition) is 3. The number of nitrogens with one attached hydrogen (secondary N) is 1. The lowest BCUT2D eigenvalue weighted by Gasteiger charge is -2.32. The summed E-state index contributed by atoms with van der Waals surface area (Å²) in [6.45, 7) is 3.83. The highest BCUT2D eigenvalue weighted by Crippen LogP contribution is 2.26. The Morgan fingerprint density at radius 1 is 0.947 bits per heavy atom. The zero-order valence-electron chi connectivity index (χ0n) is 21.9. The Bertz CT molecular complexity index is 1240. The van der Waals surface area contributed by atoms with Crippen LogP contribution in [0.25, 0.3) is 0 Å². The predicted octanol–water partition coefficient (Wildman–Crippen LogP) is 6.69. The summed E-state index contributed by atoms with van der Waals surface area (Å²) in [5, 5.41) is 4.47. The van der Waals surface area contributed by atoms with Gasteiger partial charge < -0.3 is 15.0 Å². The molecule has 0 radical (unpaired) electrons. The summed E-state index contributed by atoms with van der Waals surface area (Å²) in [4.78, 5) is 29.1. The van der Waals surface area contributed by atoms with Gasteiger partial charge in [0, 0.05) is 29.1 Å². The van der Waals surface area contributed by atoms with Gasteiger partial charge in [-0.25, -0.2) is 0 Å². The van der Waals surface area contributed by atoms with E-state index in [1.807, 2.05) is 74.5 Å². The number of ether oxygens (including phenoxy) is 1. The molecule has 0 aliphatic heterocycles. The lowest BCUT2D eigenvalue weighted by atomic mass is 10.0. The summed E-state index contributed by atoms with van der Waals surface area (Å²) in [5.41, 5.74) is 3.58. The standard InChI is InChI=1S/C31H34Cl2N2O3/c1-21-15-27(16-22(2)30(21)33)38-20-29(36)35(19-24-11-8-12-25(32)17-24)28(18-23-9-4-3-5-10-23)31(37)34-26-13-6-7-14-26/h3-5,8-12,15-17,26,28H,6-7,13-14,18-20H2,1-2H3,(H,34,37)/t28-/m0/s1. The molecule has 0 spiro atoms. The van der Waals surface area contributed by atoms with Gasteiger partial charge in [-0.3, -0.25) is 9.59 Å². The van der Waals surface area contributed by atoms with E-state index in [0.29, 0.717) is 22.2 Å². The number of nitrogens with zero attached hydrogens (tertiary/aromatic N) is 1. The van der Waals surface area contributed by atoms with Gasteiger partial charge in [0.2, 0.25) is 5.91 Å². The summed E-state index contributed by atoms with van der Waals surface area (Å²) in [5.74, 6) is 0.141. The van der Waals surface area contributed by atoms with Crippen molar-refractivity contribution in [1.82, 2.24) is 10.2 Å². The summed E-state index contributed by atoms with van der Waals surface area (Å²) < 4.78 is 5.93. The van der Waals surface area contributed by atoms with Crippen molar-refractivity contribution in [3.05, 3.63) is 99.0 Å². The number of aryl methyl sites for hydroxylation is 2. The van der Waals surface area contributed by atoms with E-state index in [1.165, 1.54) is 0 Å². The number of carbonyl (C=O) groups is 2. The molecule has 2 amide bonds. The van der Waals surface area contributed by atoms with Gasteiger partial charge in [0.15, 0.2) is 6.61 Å². The Morgan fingerprint density at radius 2 is 1.61 bits per heavy atom. The highest BCUT2D eigenvalue weighted by molar-refractivity contribution is 6.32. The lowest BCUT2D eigenvalue weighted by molar-refractivity contribution is -0.143. The molecule has 4 rings (SSSR count). The van der Waals surface area contributed by atoms with E-state index in [9.17, 15) is 9.59 Å². The number of rotatable bonds is 10. The first kappa shape index (κ1) is 28.0. The summed E-state index contributed by atoms with van der Waals surface area (Å²) in [6, 6.07) is 20.2. The van der Waals surface area contributed by atoms with Crippen molar-refractivity contribution in [3.8, 4) is 5.75 Å². The van der Waals surface area contributed by atoms with Crippen LogP contribution in [-0.2, 0) is 22.6 Å². The normalized spacial score (nSPS) is 14.2. The quantitative estimate of drug-likeness (QED) is 0.305. The van der Waals surface area contributed by atoms with Crippen LogP contribution in [0.5, 0.6) is 5.75 Å². The Morgan fingerprint density at radius 3 is 2.26 bits per heavy atom. The van der Waals surface area contributed by atoms with E-state index < -0.39 is 6.04 Å². The van der Waals surface area contributed by atoms with Crippen molar-refractivity contribution in [2.45, 2.75) is 64.6 Å². The van der Waals surface area contributed by atoms with Gasteiger partial charge in [0.25, 0.3) is 5.91 Å². The third-order valence-electron chi connectivity index (χ3n) is 6.99. The molecular weight excluding hydrogens is 519 g/mol. The van der Waals surface area contributed by atoms with Crippen LogP contribution in [-0.4, -0.2) is 35.4 Å². The number of hydrogen-bond donors (Lipinski definition) is 1. The van der Waals surface area contributed by atoms with Crippen molar-refractivity contribution in [3.63, 3.8) is 0 Å². The Balaban J connectivity index is 1.62. The molecule has 0 saturated heterocycles. The second-order valence-corrected chi connectivity index (χ2v) is 10.8. The van der Waals surface area contributed by atoms with Crippen LogP contribution in [0.3, 0.4) is 0 Å². The van der Waals surface area contributed by atoms with Gasteiger partial charge in [-0.05, 0) is 73.2 Å². The first-order valence-corrected chi connectivity index (χ1v) is 13.8. The zero-order chi connectivity index (χ0) is 27.1. The highest BCUT2D eigenvalue weighted by Gasteiger charge is 2.32. The van der Waals surface area contributed by atoms with Crippen LogP contribution in [0, 0.1) is 13.8 Å². The Kier molecular flexibility index (Phi) is 9.70. The molecule has 7 heteroatoms. The van der Waals surface area contributed by atoms with E-state index in [0.717, 1.165) is 47.9 Å². The summed E-state index contributed by atoms with van der Waals surface area (Å²) in [7, 11) is 0. The topological polar surface area (TPSA) is 58.6 Å². The van der Waals surface area contributed by atoms with Crippen molar-refractivity contribution in [1.29, 1.82) is 0 Å². The molecule has 1 aliphatic carbocycles. The molecule has 0 heterocycles. The molecule has 38 heavy (non-hydrogen) atoms. The van der Waals surface area contributed by atoms with Crippen LogP contribution >= 0.6 is 23.2 Å². The summed E-state index contributed by atoms with van der Waals surface area (Å²) in [6.07, 6.45) is 4.53. The second kappa shape index (κ2) is 13.2. The van der Waals surface area contributed by atoms with Gasteiger partial charge in [-0.1, -0.05) is 78.5 Å². The molecule has 1 N–H and O–H groups in total. The number of amides is 2. The molecule has 0 unspecified atom stereocenters. The largest absolute Gasteiger partial charge is 0.484 e. The van der Waals surface area contributed by atoms with Crippen LogP contribution in [0.1, 0.15) is 47.9 Å². The minimum atomic E-state index is -0.707. The number of carbonyl (C=O) groups excluding carboxylic acids is 2. The molecule has 1 saturated carbocycles. The molecule has 0 aromatic heterocycles. The fraction of sp³-hybridized carbons (Fsp3) is 0.355. The molecule has 1 atom stereocenters. The van der Waals surface area contributed by atoms with Crippen LogP contribution in [0.2, 0.25) is 10.0 Å². The zero-order valence-corrected chi connectivity index (χ0v) is 23.4. The third kappa shape index (κ3) is 7.52. The fourth-order valence-electron chi connectivity index (χ4n) is 4.97. The van der Waals surface area contributed by atoms with E-state index in [4.69, 9.17) is 27.9 Å². The monoisotopic (exact) mass is 552 g/mol. The van der Waals surface area contributed by atoms with Gasteiger partial charge >= 0.3 is 0 Å². The molecule has 1 fully saturated rings. The molecule has 3 aromatic carbocycles. The average Bonchev–Trinajstić information content (AvgIpc) is 3.41. The average molecular weight is 554 g/mol. The Labute approximate surface area is 235 Å². The summed E-state index contributed by atoms with van der Waals surface area (Å²) >= 11 is 12.6. The minimum absolute atomic E-state index is 0.139. The smallest absolute Gasteiger partial charge is 0.261 e. The first-order chi connectivity index (χ1) is 18.3. The maximum Gasteiger partial charge on any atom is 0.261 e. The van der Waals surface area contributed by atoms with Crippen molar-refractivity contribution < 1.29 is 14.3 Å². The van der Waals surface area contributed by atoms with Crippen molar-refractivity contribution in [2.75, 3.05) is 6.61 Å². The highest BCUT2D eigenvalue weighted by atomic mass is 35.5. The van der Waals surface area contributed by atoms with Crippen molar-refractivity contribution >= 4 is 35.0 Å². The molecule has 200 valence electrons.